The molecule has 6 rings (SSSR count). The molecule has 300 valence electrons. The van der Waals surface area contributed by atoms with Gasteiger partial charge >= 0.3 is 59.1 Å². The number of hydrogen-bond donors (Lipinski definition) is 7. The molecular weight excluding hydrogens is 782 g/mol. The van der Waals surface area contributed by atoms with E-state index in [0.717, 1.165) is 11.6 Å². The van der Waals surface area contributed by atoms with Crippen LogP contribution in [-0.4, -0.2) is 121 Å². The van der Waals surface area contributed by atoms with Crippen LogP contribution in [-0.2, 0) is 9.47 Å². The molecule has 0 spiro atoms. The summed E-state index contributed by atoms with van der Waals surface area (Å²) in [7, 11) is 0. The number of aldehydes is 1. The first-order chi connectivity index (χ1) is 26.4. The zero-order valence-corrected chi connectivity index (χ0v) is 35.8. The van der Waals surface area contributed by atoms with Crippen molar-refractivity contribution >= 4 is 23.9 Å². The summed E-state index contributed by atoms with van der Waals surface area (Å²) in [6.45, 7) is 0.616. The van der Waals surface area contributed by atoms with Crippen LogP contribution in [0.15, 0.2) is 103 Å². The van der Waals surface area contributed by atoms with Crippen molar-refractivity contribution in [2.45, 2.75) is 56.1 Å². The second-order valence-corrected chi connectivity index (χ2v) is 12.2. The molecule has 4 aromatic rings. The summed E-state index contributed by atoms with van der Waals surface area (Å²) in [6, 6.07) is 26.2. The summed E-state index contributed by atoms with van der Waals surface area (Å²) >= 11 is 0. The predicted octanol–water partition coefficient (Wildman–Crippen LogP) is -4.78. The Balaban J connectivity index is 0.000000473. The number of rotatable bonds is 11. The van der Waals surface area contributed by atoms with E-state index in [-0.39, 0.29) is 99.0 Å². The molecule has 0 bridgehead atoms. The predicted molar refractivity (Wildman–Crippen MR) is 194 cm³/mol. The third-order valence-electron chi connectivity index (χ3n) is 8.24. The number of phenols is 1. The number of ketones is 2. The number of Topliss-reactive ketones (excluding diaryl/α,β-unsaturated/α-hetero) is 1. The SMILES string of the molecule is CC(=O)c1ccccc1.O=C(/C=C/c1ccc(OC2OC(CO)C(O)C2O)c(O)c1)c1ccccc1.O=Cc1ccc(OC2OC(CO)C(O)C2O)c([O-])c1.[Na+].[Na+].[OH-]. The molecule has 0 amide bonds. The van der Waals surface area contributed by atoms with Crippen LogP contribution in [0.2, 0.25) is 0 Å². The second kappa shape index (κ2) is 25.8. The number of aliphatic hydroxyl groups is 6. The topological polar surface area (TPSA) is 283 Å². The Morgan fingerprint density at radius 2 is 1.16 bits per heavy atom. The summed E-state index contributed by atoms with van der Waals surface area (Å²) in [5.74, 6) is -0.876. The molecule has 2 heterocycles. The van der Waals surface area contributed by atoms with Crippen LogP contribution in [0.4, 0.5) is 0 Å². The first-order valence-electron chi connectivity index (χ1n) is 16.9. The first kappa shape index (κ1) is 52.5. The molecular formula is C40H42Na2O16. The van der Waals surface area contributed by atoms with E-state index in [1.165, 1.54) is 30.3 Å². The standard InChI is InChI=1S/C20H20O7.C12H14O7.C8H8O.2Na.H2O/c21-11-17-18(24)19(25)20(27-17)26-16-9-7-12(10-15(16)23)6-8-14(22)13-4-2-1-3-5-13;13-4-6-1-2-8(7(15)3-6)18-12-11(17)10(16)9(5-14)19-12;1-7(9)8-5-3-2-4-6-8;;;/h1-10,17-21,23-25H,11H2;1-4,9-12,14-17H,5H2;2-6H,1H3;;;1H2/q;;;2*+1;/p-2/b8-6+;;;;;. The monoisotopic (exact) mass is 824 g/mol. The van der Waals surface area contributed by atoms with Crippen LogP contribution in [0.1, 0.15) is 43.6 Å². The molecule has 2 fully saturated rings. The number of carbonyl (C=O) groups excluding carboxylic acids is 3. The fourth-order valence-corrected chi connectivity index (χ4v) is 5.15. The average molecular weight is 825 g/mol. The molecule has 2 saturated heterocycles. The van der Waals surface area contributed by atoms with Crippen molar-refractivity contribution in [1.82, 2.24) is 0 Å². The van der Waals surface area contributed by atoms with Crippen molar-refractivity contribution in [2.24, 2.45) is 0 Å². The summed E-state index contributed by atoms with van der Waals surface area (Å²) < 4.78 is 20.8. The number of aliphatic hydroxyl groups excluding tert-OH is 6. The van der Waals surface area contributed by atoms with Gasteiger partial charge in [0.25, 0.3) is 0 Å². The van der Waals surface area contributed by atoms with Crippen molar-refractivity contribution in [3.63, 3.8) is 0 Å². The van der Waals surface area contributed by atoms with Crippen LogP contribution in [0.3, 0.4) is 0 Å². The van der Waals surface area contributed by atoms with Gasteiger partial charge in [-0.1, -0.05) is 84.6 Å². The van der Waals surface area contributed by atoms with E-state index in [9.17, 15) is 45.0 Å². The number of carbonyl (C=O) groups is 3. The Labute approximate surface area is 377 Å². The average Bonchev–Trinajstić information content (AvgIpc) is 3.64. The molecule has 8 unspecified atom stereocenters. The van der Waals surface area contributed by atoms with E-state index in [2.05, 4.69) is 0 Å². The van der Waals surface area contributed by atoms with Gasteiger partial charge in [0.1, 0.15) is 48.7 Å². The van der Waals surface area contributed by atoms with E-state index in [1.54, 1.807) is 43.3 Å². The van der Waals surface area contributed by atoms with E-state index in [4.69, 9.17) is 29.2 Å². The van der Waals surface area contributed by atoms with Crippen LogP contribution < -0.4 is 73.7 Å². The minimum atomic E-state index is -1.37. The van der Waals surface area contributed by atoms with Gasteiger partial charge in [-0.2, -0.15) is 0 Å². The number of allylic oxidation sites excluding steroid dienone is 1. The summed E-state index contributed by atoms with van der Waals surface area (Å²) in [5, 5.41) is 78.5. The molecule has 0 radical (unpaired) electrons. The Morgan fingerprint density at radius 3 is 1.57 bits per heavy atom. The van der Waals surface area contributed by atoms with Gasteiger partial charge in [0, 0.05) is 16.7 Å². The van der Waals surface area contributed by atoms with Crippen molar-refractivity contribution in [2.75, 3.05) is 13.2 Å². The third kappa shape index (κ3) is 14.6. The molecule has 8 N–H and O–H groups in total. The summed E-state index contributed by atoms with van der Waals surface area (Å²) in [4.78, 5) is 33.2. The van der Waals surface area contributed by atoms with Gasteiger partial charge in [-0.15, -0.1) is 0 Å². The summed E-state index contributed by atoms with van der Waals surface area (Å²) in [6.07, 6.45) is -6.21. The van der Waals surface area contributed by atoms with Crippen LogP contribution in [0.5, 0.6) is 23.0 Å². The largest absolute Gasteiger partial charge is 1.00 e. The fraction of sp³-hybridized carbons (Fsp3) is 0.275. The van der Waals surface area contributed by atoms with Crippen molar-refractivity contribution in [3.8, 4) is 23.0 Å². The molecule has 2 aliphatic rings. The van der Waals surface area contributed by atoms with Crippen LogP contribution >= 0.6 is 0 Å². The minimum Gasteiger partial charge on any atom is -0.870 e. The maximum Gasteiger partial charge on any atom is 1.00 e. The molecule has 8 atom stereocenters. The third-order valence-corrected chi connectivity index (χ3v) is 8.24. The van der Waals surface area contributed by atoms with Crippen LogP contribution in [0, 0.1) is 0 Å². The second-order valence-electron chi connectivity index (χ2n) is 12.2. The van der Waals surface area contributed by atoms with E-state index >= 15 is 0 Å². The molecule has 58 heavy (non-hydrogen) atoms. The van der Waals surface area contributed by atoms with Gasteiger partial charge < -0.3 is 65.3 Å². The number of benzene rings is 4. The number of hydrogen-bond acceptors (Lipinski definition) is 16. The Hall–Kier alpha value is -3.53. The molecule has 18 heteroatoms. The number of aromatic hydroxyl groups is 1. The molecule has 0 aromatic heterocycles. The van der Waals surface area contributed by atoms with Crippen molar-refractivity contribution in [1.29, 1.82) is 0 Å². The quantitative estimate of drug-likeness (QED) is 0.0324. The molecule has 16 nitrogen and oxygen atoms in total. The maximum atomic E-state index is 12.1. The van der Waals surface area contributed by atoms with Crippen LogP contribution in [0.25, 0.3) is 6.08 Å². The van der Waals surface area contributed by atoms with E-state index in [0.29, 0.717) is 17.4 Å². The van der Waals surface area contributed by atoms with E-state index in [1.807, 2.05) is 36.4 Å². The zero-order valence-electron chi connectivity index (χ0n) is 31.8. The van der Waals surface area contributed by atoms with Crippen molar-refractivity contribution < 1.29 is 139 Å². The van der Waals surface area contributed by atoms with Gasteiger partial charge in [0.2, 0.25) is 12.6 Å². The Bertz CT molecular complexity index is 1900. The number of phenolic OH excluding ortho intramolecular Hbond substituents is 1. The zero-order chi connectivity index (χ0) is 40.1. The molecule has 0 aliphatic carbocycles. The van der Waals surface area contributed by atoms with E-state index < -0.39 is 68.2 Å². The fourth-order valence-electron chi connectivity index (χ4n) is 5.15. The van der Waals surface area contributed by atoms with Gasteiger partial charge in [0.15, 0.2) is 23.1 Å². The molecule has 2 aliphatic heterocycles. The normalized spacial score (nSPS) is 22.9. The van der Waals surface area contributed by atoms with Gasteiger partial charge in [-0.25, -0.2) is 0 Å². The molecule has 4 aromatic carbocycles. The first-order valence-corrected chi connectivity index (χ1v) is 16.9. The number of ether oxygens (including phenoxy) is 4. The summed E-state index contributed by atoms with van der Waals surface area (Å²) in [5.41, 5.74) is 2.11. The Morgan fingerprint density at radius 1 is 0.690 bits per heavy atom. The van der Waals surface area contributed by atoms with Gasteiger partial charge in [0.05, 0.1) is 13.2 Å². The van der Waals surface area contributed by atoms with Crippen molar-refractivity contribution in [3.05, 3.63) is 125 Å². The maximum absolute atomic E-state index is 12.1. The molecule has 0 saturated carbocycles. The minimum absolute atomic E-state index is 0. The Kier molecular flexibility index (Phi) is 23.4. The van der Waals surface area contributed by atoms with Gasteiger partial charge in [-0.05, 0) is 42.8 Å². The van der Waals surface area contributed by atoms with Gasteiger partial charge in [-0.3, -0.25) is 14.4 Å². The smallest absolute Gasteiger partial charge is 0.870 e.